The van der Waals surface area contributed by atoms with E-state index in [0.29, 0.717) is 22.2 Å². The maximum atomic E-state index is 10.8. The number of hydrogen-bond donors (Lipinski definition) is 1. The predicted molar refractivity (Wildman–Crippen MR) is 133 cm³/mol. The Morgan fingerprint density at radius 1 is 0.968 bits per heavy atom. The Kier molecular flexibility index (Phi) is 5.90. The van der Waals surface area contributed by atoms with Crippen LogP contribution < -0.4 is 0 Å². The van der Waals surface area contributed by atoms with Gasteiger partial charge >= 0.3 is 0 Å². The molecule has 1 N–H and O–H groups in total. The van der Waals surface area contributed by atoms with Crippen LogP contribution in [0.3, 0.4) is 0 Å². The zero-order chi connectivity index (χ0) is 22.8. The molecule has 4 aliphatic rings. The molecule has 0 bridgehead atoms. The van der Waals surface area contributed by atoms with Gasteiger partial charge in [-0.25, -0.2) is 0 Å². The Labute approximate surface area is 193 Å². The van der Waals surface area contributed by atoms with Gasteiger partial charge in [-0.15, -0.1) is 0 Å². The standard InChI is InChI=1S/C30H50O/c1-20(2)10-9-11-21(3)22-14-18-30(8)24-12-13-25-27(4,5)26(31)16-17-28(25,6)23(24)15-19-29(22,30)7/h10,21-22,25-26,31H,9,11-19H2,1-8H3/t21-,22?,25?,26-,28-,29+,30-/m1/s1. The van der Waals surface area contributed by atoms with Crippen LogP contribution in [0.2, 0.25) is 0 Å². The van der Waals surface area contributed by atoms with Gasteiger partial charge in [-0.05, 0) is 117 Å². The van der Waals surface area contributed by atoms with E-state index in [-0.39, 0.29) is 11.5 Å². The minimum absolute atomic E-state index is 0.0465. The third kappa shape index (κ3) is 3.34. The van der Waals surface area contributed by atoms with Crippen LogP contribution in [0, 0.1) is 39.4 Å². The van der Waals surface area contributed by atoms with Crippen LogP contribution >= 0.6 is 0 Å². The monoisotopic (exact) mass is 426 g/mol. The molecule has 2 fully saturated rings. The molecule has 0 heterocycles. The zero-order valence-electron chi connectivity index (χ0n) is 21.9. The first-order valence-electron chi connectivity index (χ1n) is 13.4. The summed E-state index contributed by atoms with van der Waals surface area (Å²) < 4.78 is 0. The fourth-order valence-electron chi connectivity index (χ4n) is 9.47. The Hall–Kier alpha value is -0.560. The molecule has 0 aromatic rings. The highest BCUT2D eigenvalue weighted by atomic mass is 16.3. The Morgan fingerprint density at radius 2 is 1.68 bits per heavy atom. The second-order valence-electron chi connectivity index (χ2n) is 13.6. The molecule has 0 aromatic heterocycles. The molecule has 2 saturated carbocycles. The van der Waals surface area contributed by atoms with Gasteiger partial charge in [0.05, 0.1) is 6.10 Å². The highest BCUT2D eigenvalue weighted by Crippen LogP contribution is 2.72. The molecule has 4 rings (SSSR count). The average Bonchev–Trinajstić information content (AvgIpc) is 2.96. The summed E-state index contributed by atoms with van der Waals surface area (Å²) in [7, 11) is 0. The fourth-order valence-corrected chi connectivity index (χ4v) is 9.47. The second-order valence-corrected chi connectivity index (χ2v) is 13.6. The van der Waals surface area contributed by atoms with E-state index < -0.39 is 0 Å². The van der Waals surface area contributed by atoms with E-state index in [2.05, 4.69) is 61.5 Å². The van der Waals surface area contributed by atoms with Crippen LogP contribution in [-0.2, 0) is 0 Å². The van der Waals surface area contributed by atoms with Crippen molar-refractivity contribution in [2.75, 3.05) is 0 Å². The minimum atomic E-state index is -0.130. The number of rotatable bonds is 4. The predicted octanol–water partition coefficient (Wildman–Crippen LogP) is 8.48. The maximum absolute atomic E-state index is 10.8. The van der Waals surface area contributed by atoms with Crippen LogP contribution in [0.4, 0.5) is 0 Å². The van der Waals surface area contributed by atoms with Crippen molar-refractivity contribution in [2.45, 2.75) is 126 Å². The van der Waals surface area contributed by atoms with Crippen LogP contribution in [0.25, 0.3) is 0 Å². The van der Waals surface area contributed by atoms with Crippen LogP contribution in [0.1, 0.15) is 120 Å². The Morgan fingerprint density at radius 3 is 2.35 bits per heavy atom. The smallest absolute Gasteiger partial charge is 0.0594 e. The summed E-state index contributed by atoms with van der Waals surface area (Å²) >= 11 is 0. The van der Waals surface area contributed by atoms with E-state index in [1.807, 2.05) is 11.1 Å². The summed E-state index contributed by atoms with van der Waals surface area (Å²) in [4.78, 5) is 0. The van der Waals surface area contributed by atoms with Crippen molar-refractivity contribution in [3.8, 4) is 0 Å². The average molecular weight is 427 g/mol. The summed E-state index contributed by atoms with van der Waals surface area (Å²) in [6.07, 6.45) is 15.2. The van der Waals surface area contributed by atoms with Crippen LogP contribution in [0.5, 0.6) is 0 Å². The number of aliphatic hydroxyl groups is 1. The maximum Gasteiger partial charge on any atom is 0.0594 e. The van der Waals surface area contributed by atoms with E-state index >= 15 is 0 Å². The molecule has 0 aromatic carbocycles. The fraction of sp³-hybridized carbons (Fsp3) is 0.867. The number of aliphatic hydroxyl groups excluding tert-OH is 1. The van der Waals surface area contributed by atoms with E-state index in [1.165, 1.54) is 63.4 Å². The molecule has 2 unspecified atom stereocenters. The van der Waals surface area contributed by atoms with Gasteiger partial charge in [0, 0.05) is 0 Å². The highest BCUT2D eigenvalue weighted by molar-refractivity contribution is 5.38. The molecular formula is C30H50O. The molecule has 1 heteroatoms. The lowest BCUT2D eigenvalue weighted by Gasteiger charge is -2.62. The Bertz CT molecular complexity index is 767. The molecule has 0 radical (unpaired) electrons. The van der Waals surface area contributed by atoms with Gasteiger partial charge in [0.1, 0.15) is 0 Å². The third-order valence-corrected chi connectivity index (χ3v) is 11.7. The normalized spacial score (nSPS) is 44.9. The molecule has 1 nitrogen and oxygen atoms in total. The summed E-state index contributed by atoms with van der Waals surface area (Å²) in [5, 5.41) is 10.8. The topological polar surface area (TPSA) is 20.2 Å². The first kappa shape index (κ1) is 23.6. The molecule has 0 amide bonds. The summed E-state index contributed by atoms with van der Waals surface area (Å²) in [5.41, 5.74) is 6.41. The quantitative estimate of drug-likeness (QED) is 0.447. The molecule has 0 aliphatic heterocycles. The van der Waals surface area contributed by atoms with Crippen molar-refractivity contribution in [1.29, 1.82) is 0 Å². The minimum Gasteiger partial charge on any atom is -0.393 e. The highest BCUT2D eigenvalue weighted by Gasteiger charge is 2.63. The van der Waals surface area contributed by atoms with Gasteiger partial charge in [0.2, 0.25) is 0 Å². The second kappa shape index (κ2) is 7.75. The van der Waals surface area contributed by atoms with Gasteiger partial charge in [-0.2, -0.15) is 0 Å². The van der Waals surface area contributed by atoms with Crippen molar-refractivity contribution in [3.63, 3.8) is 0 Å². The lowest BCUT2D eigenvalue weighted by atomic mass is 9.43. The molecule has 4 aliphatic carbocycles. The van der Waals surface area contributed by atoms with Crippen molar-refractivity contribution < 1.29 is 5.11 Å². The van der Waals surface area contributed by atoms with Gasteiger partial charge in [-0.1, -0.05) is 64.3 Å². The summed E-state index contributed by atoms with van der Waals surface area (Å²) in [6.45, 7) is 19.6. The van der Waals surface area contributed by atoms with Gasteiger partial charge < -0.3 is 5.11 Å². The first-order chi connectivity index (χ1) is 14.4. The largest absolute Gasteiger partial charge is 0.393 e. The van der Waals surface area contributed by atoms with E-state index in [4.69, 9.17) is 0 Å². The molecule has 0 spiro atoms. The number of allylic oxidation sites excluding steroid dienone is 4. The third-order valence-electron chi connectivity index (χ3n) is 11.7. The van der Waals surface area contributed by atoms with Crippen molar-refractivity contribution in [2.24, 2.45) is 39.4 Å². The van der Waals surface area contributed by atoms with Gasteiger partial charge in [0.15, 0.2) is 0 Å². The van der Waals surface area contributed by atoms with Gasteiger partial charge in [0.25, 0.3) is 0 Å². The molecule has 176 valence electrons. The van der Waals surface area contributed by atoms with Crippen LogP contribution in [-0.4, -0.2) is 11.2 Å². The summed E-state index contributed by atoms with van der Waals surface area (Å²) in [6, 6.07) is 0. The van der Waals surface area contributed by atoms with Crippen molar-refractivity contribution >= 4 is 0 Å². The molecule has 31 heavy (non-hydrogen) atoms. The van der Waals surface area contributed by atoms with E-state index in [1.54, 1.807) is 0 Å². The number of hydrogen-bond acceptors (Lipinski definition) is 1. The van der Waals surface area contributed by atoms with Crippen molar-refractivity contribution in [1.82, 2.24) is 0 Å². The SMILES string of the molecule is CC(C)=CCC[C@@H](C)C1CC[C@]2(C)C3=C(CC[C@@]12C)[C@@]1(C)CC[C@@H](O)C(C)(C)C1CC3. The molecular weight excluding hydrogens is 376 g/mol. The Balaban J connectivity index is 1.65. The van der Waals surface area contributed by atoms with E-state index in [0.717, 1.165) is 18.3 Å². The molecule has 7 atom stereocenters. The van der Waals surface area contributed by atoms with Gasteiger partial charge in [-0.3, -0.25) is 0 Å². The zero-order valence-corrected chi connectivity index (χ0v) is 21.9. The molecule has 0 saturated heterocycles. The van der Waals surface area contributed by atoms with E-state index in [9.17, 15) is 5.11 Å². The number of fused-ring (bicyclic) bond motifs is 4. The van der Waals surface area contributed by atoms with Crippen molar-refractivity contribution in [3.05, 3.63) is 22.8 Å². The first-order valence-corrected chi connectivity index (χ1v) is 13.4. The van der Waals surface area contributed by atoms with Crippen LogP contribution in [0.15, 0.2) is 22.8 Å². The lowest BCUT2D eigenvalue weighted by Crippen LogP contribution is -2.55. The lowest BCUT2D eigenvalue weighted by molar-refractivity contribution is -0.0962. The summed E-state index contributed by atoms with van der Waals surface area (Å²) in [5.74, 6) is 2.32.